The van der Waals surface area contributed by atoms with Gasteiger partial charge in [-0.15, -0.1) is 0 Å². The molecule has 17 rings (SSSR count). The van der Waals surface area contributed by atoms with Crippen molar-refractivity contribution in [2.75, 3.05) is 52.6 Å². The van der Waals surface area contributed by atoms with Gasteiger partial charge in [-0.2, -0.15) is 8.42 Å². The molecular weight excluding hydrogens is 1260 g/mol. The SMILES string of the molecule is C[C@@H]1C[C@H](CO)O[C@H]2[C@H]1[C@@]1(C)CC[C@@]34CC35CCC(O[C@H]3CN(C(=O)CC6CC6)CCO3)C(C)(C)[C@@H]5CC[C@H]4[C@]1(C)[C@H]2O.C[C@@H]1C[C@H](COS(=O)(=O)c2ccc(Cl)cc2)O[C@H]2[C@H]1[C@@]1(C)CC[C@@]34CC35CCC(O[C@H]3CN(C(=O)CC6CC6)CCO3)C(C)(C)[C@@H]5CC[C@H]4[C@]1(C)[C@H]2O. The highest BCUT2D eigenvalue weighted by molar-refractivity contribution is 7.86. The third kappa shape index (κ3) is 10.0. The number of amides is 2. The van der Waals surface area contributed by atoms with E-state index < -0.39 is 28.4 Å². The zero-order chi connectivity index (χ0) is 67.5. The van der Waals surface area contributed by atoms with Crippen LogP contribution in [0.3, 0.4) is 0 Å². The molecule has 4 aliphatic heterocycles. The second-order valence-electron chi connectivity index (χ2n) is 37.5. The molecule has 16 aliphatic rings. The topological polar surface area (TPSA) is 200 Å². The summed E-state index contributed by atoms with van der Waals surface area (Å²) in [6.07, 6.45) is 21.3. The van der Waals surface area contributed by atoms with Gasteiger partial charge < -0.3 is 53.5 Å². The minimum Gasteiger partial charge on any atom is -0.394 e. The van der Waals surface area contributed by atoms with Gasteiger partial charge in [-0.05, 0) is 255 Å². The van der Waals surface area contributed by atoms with Crippen LogP contribution in [0.1, 0.15) is 210 Å². The monoisotopic (exact) mass is 1370 g/mol. The Morgan fingerprint density at radius 2 is 0.990 bits per heavy atom. The summed E-state index contributed by atoms with van der Waals surface area (Å²) in [7, 11) is -3.97. The zero-order valence-corrected chi connectivity index (χ0v) is 61.2. The Hall–Kier alpha value is -2.00. The van der Waals surface area contributed by atoms with E-state index in [1.54, 1.807) is 12.1 Å². The maximum atomic E-state index is 13.0. The average Bonchev–Trinajstić information content (AvgIpc) is 1.46. The van der Waals surface area contributed by atoms with Gasteiger partial charge in [0.1, 0.15) is 0 Å². The second-order valence-corrected chi connectivity index (χ2v) is 39.5. The molecule has 96 heavy (non-hydrogen) atoms. The summed E-state index contributed by atoms with van der Waals surface area (Å²) >= 11 is 5.98. The molecule has 4 unspecified atom stereocenters. The minimum absolute atomic E-state index is 0.0303. The Morgan fingerprint density at radius 1 is 0.573 bits per heavy atom. The molecule has 1 aromatic rings. The van der Waals surface area contributed by atoms with E-state index in [1.807, 2.05) is 9.80 Å². The number of aliphatic hydroxyl groups excluding tert-OH is 3. The largest absolute Gasteiger partial charge is 0.394 e. The highest BCUT2D eigenvalue weighted by Crippen LogP contribution is 2.91. The van der Waals surface area contributed by atoms with Crippen LogP contribution in [0.2, 0.25) is 5.02 Å². The Morgan fingerprint density at radius 3 is 1.43 bits per heavy atom. The molecule has 0 radical (unpaired) electrons. The molecule has 18 heteroatoms. The third-order valence-electron chi connectivity index (χ3n) is 33.1. The van der Waals surface area contributed by atoms with E-state index in [9.17, 15) is 33.3 Å². The number of hydrogen-bond acceptors (Lipinski definition) is 14. The van der Waals surface area contributed by atoms with Gasteiger partial charge in [-0.25, -0.2) is 0 Å². The predicted molar refractivity (Wildman–Crippen MR) is 361 cm³/mol. The van der Waals surface area contributed by atoms with Crippen molar-refractivity contribution >= 4 is 33.5 Å². The Labute approximate surface area is 578 Å². The summed E-state index contributed by atoms with van der Waals surface area (Å²) in [5, 5.41) is 35.2. The van der Waals surface area contributed by atoms with Gasteiger partial charge in [0.15, 0.2) is 12.6 Å². The average molecular weight is 1370 g/mol. The second kappa shape index (κ2) is 23.5. The van der Waals surface area contributed by atoms with Crippen LogP contribution >= 0.6 is 11.6 Å². The van der Waals surface area contributed by atoms with Crippen molar-refractivity contribution in [1.29, 1.82) is 0 Å². The van der Waals surface area contributed by atoms with Gasteiger partial charge in [0.05, 0.1) is 93.2 Å². The minimum atomic E-state index is -3.97. The van der Waals surface area contributed by atoms with Gasteiger partial charge in [-0.1, -0.05) is 80.8 Å². The number of halogens is 1. The lowest BCUT2D eigenvalue weighted by Crippen LogP contribution is -2.60. The number of rotatable bonds is 13. The molecule has 4 heterocycles. The molecule has 16 fully saturated rings. The standard InChI is InChI=1S/C42H60ClNO8S.C36H57NO6/c1-25-20-28(23-50-53(47,48)29-10-8-27(43)9-11-29)51-36-35(25)39(4)16-17-42-24-41(42)15-14-32(38(2,3)30(41)12-13-31(42)40(39,5)37(36)46)52-34-22-44(18-19-49-34)33(45)21-26-6-7-26;1-21-16-23(19-38)42-30-29(21)33(4)12-13-36-20-35(36)11-10-26(32(2,3)24(35)8-9-25(36)34(33,5)31(30)40)43-28-18-37(14-15-41-28)27(39)17-22-6-7-22/h8-11,25-26,28,30-32,34-37,46H,6-7,12-24H2,1-5H3;21-26,28-31,38,40H,6-20H2,1-5H3/t25-,28-,30+,31+,32?,34+,35+,36+,37+,39-,40-,41?,42+;21-,23-,24+,25+,26?,28+,29+,30+,31+,33-,34-,35?,36+/m11/s1. The van der Waals surface area contributed by atoms with E-state index in [0.717, 1.165) is 44.9 Å². The highest BCUT2D eigenvalue weighted by atomic mass is 35.5. The molecule has 2 amide bonds. The lowest BCUT2D eigenvalue weighted by atomic mass is 9.41. The Kier molecular flexibility index (Phi) is 16.8. The summed E-state index contributed by atoms with van der Waals surface area (Å²) in [6, 6.07) is 6.01. The molecule has 4 spiro atoms. The first kappa shape index (κ1) is 68.4. The van der Waals surface area contributed by atoms with Crippen molar-refractivity contribution in [3.8, 4) is 0 Å². The quantitative estimate of drug-likeness (QED) is 0.158. The number of ether oxygens (including phenoxy) is 6. The van der Waals surface area contributed by atoms with Crippen molar-refractivity contribution in [2.45, 2.75) is 277 Å². The Balaban J connectivity index is 0.000000154. The summed E-state index contributed by atoms with van der Waals surface area (Å²) < 4.78 is 70.8. The van der Waals surface area contributed by atoms with Gasteiger partial charge in [0.25, 0.3) is 10.1 Å². The molecule has 0 aromatic heterocycles. The van der Waals surface area contributed by atoms with Gasteiger partial charge in [-0.3, -0.25) is 13.8 Å². The molecule has 536 valence electrons. The Bertz CT molecular complexity index is 3280. The number of carbonyl (C=O) groups is 2. The van der Waals surface area contributed by atoms with E-state index >= 15 is 0 Å². The van der Waals surface area contributed by atoms with Gasteiger partial charge >= 0.3 is 0 Å². The fourth-order valence-electron chi connectivity index (χ4n) is 27.9. The summed E-state index contributed by atoms with van der Waals surface area (Å²) in [5.41, 5.74) is 0.633. The molecule has 1 aromatic carbocycles. The van der Waals surface area contributed by atoms with Crippen LogP contribution < -0.4 is 0 Å². The molecule has 3 N–H and O–H groups in total. The number of fused-ring (bicyclic) bond motifs is 8. The van der Waals surface area contributed by atoms with Crippen LogP contribution in [0.15, 0.2) is 29.2 Å². The highest BCUT2D eigenvalue weighted by Gasteiger charge is 2.87. The van der Waals surface area contributed by atoms with Crippen LogP contribution in [0, 0.1) is 113 Å². The lowest BCUT2D eigenvalue weighted by molar-refractivity contribution is -0.248. The fourth-order valence-corrected chi connectivity index (χ4v) is 29.0. The number of morpholine rings is 2. The fraction of sp³-hybridized carbons (Fsp3) is 0.897. The van der Waals surface area contributed by atoms with Crippen molar-refractivity contribution in [2.24, 2.45) is 113 Å². The van der Waals surface area contributed by atoms with Gasteiger partial charge in [0, 0.05) is 41.8 Å². The predicted octanol–water partition coefficient (Wildman–Crippen LogP) is 12.4. The van der Waals surface area contributed by atoms with E-state index in [1.165, 1.54) is 89.2 Å². The van der Waals surface area contributed by atoms with Crippen molar-refractivity contribution < 1.29 is 65.9 Å². The molecule has 4 saturated heterocycles. The van der Waals surface area contributed by atoms with Crippen LogP contribution in [0.4, 0.5) is 0 Å². The first-order chi connectivity index (χ1) is 45.5. The number of hydrogen-bond donors (Lipinski definition) is 3. The normalized spacial score (nSPS) is 50.6. The third-order valence-corrected chi connectivity index (χ3v) is 34.6. The van der Waals surface area contributed by atoms with Crippen LogP contribution in [0.5, 0.6) is 0 Å². The molecule has 12 aliphatic carbocycles. The van der Waals surface area contributed by atoms with Crippen molar-refractivity contribution in [3.63, 3.8) is 0 Å². The van der Waals surface area contributed by atoms with Gasteiger partial charge in [0.2, 0.25) is 11.8 Å². The summed E-state index contributed by atoms with van der Waals surface area (Å²) in [4.78, 5) is 29.8. The zero-order valence-electron chi connectivity index (χ0n) is 59.6. The lowest BCUT2D eigenvalue weighted by Gasteiger charge is -2.64. The van der Waals surface area contributed by atoms with Crippen molar-refractivity contribution in [3.05, 3.63) is 29.3 Å². The maximum Gasteiger partial charge on any atom is 0.297 e. The first-order valence-corrected chi connectivity index (χ1v) is 40.3. The van der Waals surface area contributed by atoms with E-state index in [2.05, 4.69) is 69.2 Å². The first-order valence-electron chi connectivity index (χ1n) is 38.5. The molecule has 12 saturated carbocycles. The smallest absolute Gasteiger partial charge is 0.297 e. The number of carbonyl (C=O) groups excluding carboxylic acids is 2. The number of nitrogens with zero attached hydrogens (tertiary/aromatic N) is 2. The van der Waals surface area contributed by atoms with Crippen LogP contribution in [-0.2, 0) is 52.3 Å². The molecule has 0 bridgehead atoms. The van der Waals surface area contributed by atoms with Crippen LogP contribution in [0.25, 0.3) is 0 Å². The summed E-state index contributed by atoms with van der Waals surface area (Å²) in [5.74, 6) is 5.03. The van der Waals surface area contributed by atoms with Crippen molar-refractivity contribution in [1.82, 2.24) is 9.80 Å². The number of aliphatic hydroxyl groups is 3. The van der Waals surface area contributed by atoms with E-state index in [4.69, 9.17) is 44.2 Å². The summed E-state index contributed by atoms with van der Waals surface area (Å²) in [6.45, 7) is 27.6. The number of benzene rings is 1. The molecular formula is C78H117ClN2O14S. The van der Waals surface area contributed by atoms with E-state index in [0.29, 0.717) is 122 Å². The maximum absolute atomic E-state index is 13.0. The van der Waals surface area contributed by atoms with Crippen LogP contribution in [-0.4, -0.2) is 159 Å². The van der Waals surface area contributed by atoms with E-state index in [-0.39, 0.29) is 128 Å². The molecule has 16 nitrogen and oxygen atoms in total. The molecule has 26 atom stereocenters.